The SMILES string of the molecule is CCCCCCC(C)Nc1cc(C)c(Cl)cc1OC. The van der Waals surface area contributed by atoms with Crippen molar-refractivity contribution in [3.05, 3.63) is 22.7 Å². The molecular weight excluding hydrogens is 258 g/mol. The molecule has 0 spiro atoms. The molecule has 0 amide bonds. The van der Waals surface area contributed by atoms with Crippen LogP contribution in [0.25, 0.3) is 0 Å². The zero-order valence-corrected chi connectivity index (χ0v) is 13.3. The molecule has 3 heteroatoms. The van der Waals surface area contributed by atoms with Crippen LogP contribution < -0.4 is 10.1 Å². The minimum Gasteiger partial charge on any atom is -0.495 e. The van der Waals surface area contributed by atoms with Crippen molar-refractivity contribution in [3.8, 4) is 5.75 Å². The monoisotopic (exact) mass is 283 g/mol. The van der Waals surface area contributed by atoms with E-state index < -0.39 is 0 Å². The lowest BCUT2D eigenvalue weighted by atomic mass is 10.1. The summed E-state index contributed by atoms with van der Waals surface area (Å²) >= 11 is 6.11. The summed E-state index contributed by atoms with van der Waals surface area (Å²) in [5, 5.41) is 4.27. The van der Waals surface area contributed by atoms with Gasteiger partial charge in [0.15, 0.2) is 0 Å². The van der Waals surface area contributed by atoms with Crippen molar-refractivity contribution in [1.29, 1.82) is 0 Å². The third-order valence-corrected chi connectivity index (χ3v) is 3.78. The van der Waals surface area contributed by atoms with E-state index in [9.17, 15) is 0 Å². The van der Waals surface area contributed by atoms with E-state index in [0.29, 0.717) is 6.04 Å². The number of anilines is 1. The minimum absolute atomic E-state index is 0.450. The molecule has 0 aromatic heterocycles. The minimum atomic E-state index is 0.450. The van der Waals surface area contributed by atoms with Crippen molar-refractivity contribution in [3.63, 3.8) is 0 Å². The predicted molar refractivity (Wildman–Crippen MR) is 84.6 cm³/mol. The van der Waals surface area contributed by atoms with Crippen LogP contribution in [0, 0.1) is 6.92 Å². The highest BCUT2D eigenvalue weighted by molar-refractivity contribution is 6.31. The fraction of sp³-hybridized carbons (Fsp3) is 0.625. The highest BCUT2D eigenvalue weighted by Crippen LogP contribution is 2.31. The van der Waals surface area contributed by atoms with E-state index in [1.807, 2.05) is 13.0 Å². The lowest BCUT2D eigenvalue weighted by Crippen LogP contribution is -2.15. The molecule has 0 bridgehead atoms. The quantitative estimate of drug-likeness (QED) is 0.643. The highest BCUT2D eigenvalue weighted by atomic mass is 35.5. The summed E-state index contributed by atoms with van der Waals surface area (Å²) in [6.45, 7) is 6.47. The number of rotatable bonds is 8. The van der Waals surface area contributed by atoms with Crippen LogP contribution in [0.3, 0.4) is 0 Å². The molecule has 1 rings (SSSR count). The summed E-state index contributed by atoms with van der Waals surface area (Å²) in [5.74, 6) is 0.816. The number of aryl methyl sites for hydroxylation is 1. The van der Waals surface area contributed by atoms with E-state index in [1.165, 1.54) is 32.1 Å². The molecule has 0 saturated heterocycles. The standard InChI is InChI=1S/C16H26ClNO/c1-5-6-7-8-9-13(3)18-15-10-12(2)14(17)11-16(15)19-4/h10-11,13,18H,5-9H2,1-4H3. The zero-order chi connectivity index (χ0) is 14.3. The number of benzene rings is 1. The first-order valence-electron chi connectivity index (χ1n) is 7.19. The fourth-order valence-corrected chi connectivity index (χ4v) is 2.31. The van der Waals surface area contributed by atoms with Gasteiger partial charge in [0.05, 0.1) is 12.8 Å². The lowest BCUT2D eigenvalue weighted by molar-refractivity contribution is 0.415. The number of nitrogens with one attached hydrogen (secondary N) is 1. The summed E-state index contributed by atoms with van der Waals surface area (Å²) in [7, 11) is 1.68. The van der Waals surface area contributed by atoms with Crippen LogP contribution in [0.4, 0.5) is 5.69 Å². The number of hydrogen-bond donors (Lipinski definition) is 1. The molecule has 1 aromatic rings. The Kier molecular flexibility index (Phi) is 7.07. The van der Waals surface area contributed by atoms with Crippen molar-refractivity contribution >= 4 is 17.3 Å². The molecule has 0 heterocycles. The summed E-state index contributed by atoms with van der Waals surface area (Å²) in [6, 6.07) is 4.39. The van der Waals surface area contributed by atoms with Crippen molar-refractivity contribution in [1.82, 2.24) is 0 Å². The molecule has 19 heavy (non-hydrogen) atoms. The van der Waals surface area contributed by atoms with E-state index in [0.717, 1.165) is 22.0 Å². The Labute approximate surface area is 122 Å². The smallest absolute Gasteiger partial charge is 0.143 e. The van der Waals surface area contributed by atoms with Crippen molar-refractivity contribution < 1.29 is 4.74 Å². The molecule has 0 radical (unpaired) electrons. The van der Waals surface area contributed by atoms with Crippen molar-refractivity contribution in [2.75, 3.05) is 12.4 Å². The molecule has 0 aliphatic heterocycles. The number of hydrogen-bond acceptors (Lipinski definition) is 2. The van der Waals surface area contributed by atoms with Gasteiger partial charge in [0.25, 0.3) is 0 Å². The number of unbranched alkanes of at least 4 members (excludes halogenated alkanes) is 3. The first-order valence-corrected chi connectivity index (χ1v) is 7.57. The van der Waals surface area contributed by atoms with Crippen LogP contribution in [0.5, 0.6) is 5.75 Å². The van der Waals surface area contributed by atoms with Gasteiger partial charge in [-0.05, 0) is 31.9 Å². The van der Waals surface area contributed by atoms with E-state index in [1.54, 1.807) is 7.11 Å². The second-order valence-electron chi connectivity index (χ2n) is 5.20. The van der Waals surface area contributed by atoms with E-state index in [4.69, 9.17) is 16.3 Å². The highest BCUT2D eigenvalue weighted by Gasteiger charge is 2.09. The first-order chi connectivity index (χ1) is 9.08. The van der Waals surface area contributed by atoms with Gasteiger partial charge in [0.2, 0.25) is 0 Å². The van der Waals surface area contributed by atoms with E-state index in [-0.39, 0.29) is 0 Å². The zero-order valence-electron chi connectivity index (χ0n) is 12.6. The Balaban J connectivity index is 2.58. The van der Waals surface area contributed by atoms with Crippen LogP contribution in [-0.2, 0) is 0 Å². The molecule has 0 saturated carbocycles. The maximum atomic E-state index is 6.11. The van der Waals surface area contributed by atoms with E-state index in [2.05, 4.69) is 25.2 Å². The molecule has 0 aliphatic rings. The maximum absolute atomic E-state index is 6.11. The average Bonchev–Trinajstić information content (AvgIpc) is 2.38. The summed E-state index contributed by atoms with van der Waals surface area (Å²) in [4.78, 5) is 0. The Morgan fingerprint density at radius 1 is 1.26 bits per heavy atom. The van der Waals surface area contributed by atoms with Gasteiger partial charge in [-0.15, -0.1) is 0 Å². The molecule has 0 aliphatic carbocycles. The Morgan fingerprint density at radius 3 is 2.63 bits per heavy atom. The van der Waals surface area contributed by atoms with Gasteiger partial charge in [-0.3, -0.25) is 0 Å². The molecule has 108 valence electrons. The summed E-state index contributed by atoms with van der Waals surface area (Å²) in [6.07, 6.45) is 6.39. The Bertz CT molecular complexity index is 393. The van der Waals surface area contributed by atoms with Crippen LogP contribution in [0.1, 0.15) is 51.5 Å². The molecule has 1 aromatic carbocycles. The topological polar surface area (TPSA) is 21.3 Å². The average molecular weight is 284 g/mol. The predicted octanol–water partition coefficient (Wildman–Crippen LogP) is 5.43. The van der Waals surface area contributed by atoms with E-state index >= 15 is 0 Å². The molecule has 1 unspecified atom stereocenters. The van der Waals surface area contributed by atoms with Gasteiger partial charge >= 0.3 is 0 Å². The molecular formula is C16H26ClNO. The molecule has 0 fully saturated rings. The molecule has 2 nitrogen and oxygen atoms in total. The van der Waals surface area contributed by atoms with Crippen LogP contribution >= 0.6 is 11.6 Å². The van der Waals surface area contributed by atoms with Gasteiger partial charge in [0.1, 0.15) is 5.75 Å². The van der Waals surface area contributed by atoms with Crippen LogP contribution in [-0.4, -0.2) is 13.2 Å². The fourth-order valence-electron chi connectivity index (χ4n) is 2.16. The van der Waals surface area contributed by atoms with Gasteiger partial charge in [0, 0.05) is 17.1 Å². The second kappa shape index (κ2) is 8.31. The summed E-state index contributed by atoms with van der Waals surface area (Å²) < 4.78 is 5.38. The number of ether oxygens (including phenoxy) is 1. The first kappa shape index (κ1) is 16.2. The van der Waals surface area contributed by atoms with Gasteiger partial charge in [-0.1, -0.05) is 44.2 Å². The third-order valence-electron chi connectivity index (χ3n) is 3.37. The lowest BCUT2D eigenvalue weighted by Gasteiger charge is -2.18. The van der Waals surface area contributed by atoms with Crippen LogP contribution in [0.2, 0.25) is 5.02 Å². The third kappa shape index (κ3) is 5.32. The summed E-state index contributed by atoms with van der Waals surface area (Å²) in [5.41, 5.74) is 2.11. The normalized spacial score (nSPS) is 12.3. The van der Waals surface area contributed by atoms with Gasteiger partial charge < -0.3 is 10.1 Å². The van der Waals surface area contributed by atoms with Gasteiger partial charge in [-0.25, -0.2) is 0 Å². The van der Waals surface area contributed by atoms with Crippen molar-refractivity contribution in [2.24, 2.45) is 0 Å². The maximum Gasteiger partial charge on any atom is 0.143 e. The number of methoxy groups -OCH3 is 1. The second-order valence-corrected chi connectivity index (χ2v) is 5.60. The largest absolute Gasteiger partial charge is 0.495 e. The van der Waals surface area contributed by atoms with Gasteiger partial charge in [-0.2, -0.15) is 0 Å². The number of halogens is 1. The van der Waals surface area contributed by atoms with Crippen molar-refractivity contribution in [2.45, 2.75) is 58.9 Å². The van der Waals surface area contributed by atoms with Crippen LogP contribution in [0.15, 0.2) is 12.1 Å². The Morgan fingerprint density at radius 2 is 2.00 bits per heavy atom. The molecule has 1 atom stereocenters. The Hall–Kier alpha value is -0.890. The molecule has 1 N–H and O–H groups in total.